The van der Waals surface area contributed by atoms with E-state index in [9.17, 15) is 0 Å². The molecule has 0 aliphatic heterocycles. The Balaban J connectivity index is 2.31. The lowest BCUT2D eigenvalue weighted by atomic mass is 10.1. The van der Waals surface area contributed by atoms with E-state index < -0.39 is 0 Å². The fourth-order valence-electron chi connectivity index (χ4n) is 1.53. The topological polar surface area (TPSA) is 63.8 Å². The molecule has 0 fully saturated rings. The number of aromatic nitrogens is 3. The lowest BCUT2D eigenvalue weighted by Gasteiger charge is -2.12. The summed E-state index contributed by atoms with van der Waals surface area (Å²) in [5.41, 5.74) is 1.02. The molecule has 0 aromatic carbocycles. The average molecular weight is 218 g/mol. The van der Waals surface area contributed by atoms with Gasteiger partial charge in [-0.3, -0.25) is 4.98 Å². The summed E-state index contributed by atoms with van der Waals surface area (Å²) in [6.45, 7) is 4.66. The van der Waals surface area contributed by atoms with Gasteiger partial charge in [-0.25, -0.2) is 0 Å². The third kappa shape index (κ3) is 2.25. The summed E-state index contributed by atoms with van der Waals surface area (Å²) in [5, 5.41) is 7.09. The molecule has 0 radical (unpaired) electrons. The molecule has 84 valence electrons. The normalized spacial score (nSPS) is 12.6. The van der Waals surface area contributed by atoms with Crippen LogP contribution >= 0.6 is 0 Å². The van der Waals surface area contributed by atoms with Crippen LogP contribution in [0.5, 0.6) is 0 Å². The minimum Gasteiger partial charge on any atom is -0.337 e. The highest BCUT2D eigenvalue weighted by Gasteiger charge is 2.19. The van der Waals surface area contributed by atoms with Crippen LogP contribution in [0.1, 0.15) is 30.2 Å². The quantitative estimate of drug-likeness (QED) is 0.842. The number of nitrogens with zero attached hydrogens (tertiary/aromatic N) is 3. The van der Waals surface area contributed by atoms with Crippen molar-refractivity contribution in [2.75, 3.05) is 6.54 Å². The van der Waals surface area contributed by atoms with Gasteiger partial charge >= 0.3 is 0 Å². The Kier molecular flexibility index (Phi) is 3.26. The molecule has 5 nitrogen and oxygen atoms in total. The van der Waals surface area contributed by atoms with Crippen LogP contribution in [-0.4, -0.2) is 21.7 Å². The summed E-state index contributed by atoms with van der Waals surface area (Å²) in [7, 11) is 0. The summed E-state index contributed by atoms with van der Waals surface area (Å²) in [6, 6.07) is 3.79. The van der Waals surface area contributed by atoms with Crippen LogP contribution in [0.4, 0.5) is 0 Å². The number of pyridine rings is 1. The summed E-state index contributed by atoms with van der Waals surface area (Å²) in [4.78, 5) is 8.33. The van der Waals surface area contributed by atoms with Crippen LogP contribution in [0, 0.1) is 6.92 Å². The average Bonchev–Trinajstić information content (AvgIpc) is 2.74. The Bertz CT molecular complexity index is 440. The van der Waals surface area contributed by atoms with Crippen LogP contribution < -0.4 is 5.32 Å². The van der Waals surface area contributed by atoms with E-state index in [2.05, 4.69) is 20.4 Å². The van der Waals surface area contributed by atoms with Gasteiger partial charge in [0.15, 0.2) is 5.82 Å². The Labute approximate surface area is 93.9 Å². The number of hydrogen-bond acceptors (Lipinski definition) is 5. The first-order valence-electron chi connectivity index (χ1n) is 5.24. The van der Waals surface area contributed by atoms with E-state index in [0.717, 1.165) is 12.1 Å². The summed E-state index contributed by atoms with van der Waals surface area (Å²) >= 11 is 0. The van der Waals surface area contributed by atoms with E-state index in [1.165, 1.54) is 0 Å². The molecule has 1 atom stereocenters. The SMILES string of the molecule is CCN[C@@H](c1cccnc1)c1nc(C)no1. The molecule has 0 bridgehead atoms. The molecule has 2 aromatic rings. The van der Waals surface area contributed by atoms with Gasteiger partial charge in [-0.15, -0.1) is 0 Å². The van der Waals surface area contributed by atoms with Gasteiger partial charge in [0, 0.05) is 12.4 Å². The molecule has 0 saturated heterocycles. The zero-order chi connectivity index (χ0) is 11.4. The second-order valence-corrected chi connectivity index (χ2v) is 3.46. The predicted octanol–water partition coefficient (Wildman–Crippen LogP) is 1.47. The maximum Gasteiger partial charge on any atom is 0.248 e. The smallest absolute Gasteiger partial charge is 0.248 e. The monoisotopic (exact) mass is 218 g/mol. The molecule has 0 amide bonds. The van der Waals surface area contributed by atoms with E-state index in [0.29, 0.717) is 11.7 Å². The van der Waals surface area contributed by atoms with Crippen molar-refractivity contribution in [2.24, 2.45) is 0 Å². The second-order valence-electron chi connectivity index (χ2n) is 3.46. The van der Waals surface area contributed by atoms with Crippen molar-refractivity contribution in [3.8, 4) is 0 Å². The third-order valence-corrected chi connectivity index (χ3v) is 2.22. The van der Waals surface area contributed by atoms with E-state index in [-0.39, 0.29) is 6.04 Å². The standard InChI is InChI=1S/C11H14N4O/c1-3-13-10(9-5-4-6-12-7-9)11-14-8(2)15-16-11/h4-7,10,13H,3H2,1-2H3/t10-/m0/s1. The zero-order valence-electron chi connectivity index (χ0n) is 9.34. The summed E-state index contributed by atoms with van der Waals surface area (Å²) < 4.78 is 5.18. The van der Waals surface area contributed by atoms with Crippen molar-refractivity contribution in [3.05, 3.63) is 41.8 Å². The van der Waals surface area contributed by atoms with E-state index in [1.807, 2.05) is 19.1 Å². The van der Waals surface area contributed by atoms with Gasteiger partial charge < -0.3 is 9.84 Å². The third-order valence-electron chi connectivity index (χ3n) is 2.22. The van der Waals surface area contributed by atoms with E-state index >= 15 is 0 Å². The van der Waals surface area contributed by atoms with E-state index in [4.69, 9.17) is 4.52 Å². The van der Waals surface area contributed by atoms with Gasteiger partial charge in [-0.05, 0) is 25.1 Å². The summed E-state index contributed by atoms with van der Waals surface area (Å²) in [6.07, 6.45) is 3.54. The molecule has 0 unspecified atom stereocenters. The van der Waals surface area contributed by atoms with Crippen molar-refractivity contribution in [1.29, 1.82) is 0 Å². The molecular weight excluding hydrogens is 204 g/mol. The lowest BCUT2D eigenvalue weighted by molar-refractivity contribution is 0.347. The Hall–Kier alpha value is -1.75. The fraction of sp³-hybridized carbons (Fsp3) is 0.364. The van der Waals surface area contributed by atoms with Crippen molar-refractivity contribution in [2.45, 2.75) is 19.9 Å². The Morgan fingerprint density at radius 1 is 1.50 bits per heavy atom. The lowest BCUT2D eigenvalue weighted by Crippen LogP contribution is -2.22. The van der Waals surface area contributed by atoms with Crippen molar-refractivity contribution >= 4 is 0 Å². The van der Waals surface area contributed by atoms with Gasteiger partial charge in [-0.1, -0.05) is 18.1 Å². The van der Waals surface area contributed by atoms with Crippen LogP contribution in [-0.2, 0) is 0 Å². The minimum atomic E-state index is -0.0834. The Morgan fingerprint density at radius 3 is 2.94 bits per heavy atom. The van der Waals surface area contributed by atoms with Gasteiger partial charge in [0.05, 0.1) is 0 Å². The number of rotatable bonds is 4. The highest BCUT2D eigenvalue weighted by molar-refractivity contribution is 5.19. The minimum absolute atomic E-state index is 0.0834. The van der Waals surface area contributed by atoms with Crippen molar-refractivity contribution < 1.29 is 4.52 Å². The number of nitrogens with one attached hydrogen (secondary N) is 1. The molecule has 2 rings (SSSR count). The fourth-order valence-corrected chi connectivity index (χ4v) is 1.53. The molecule has 0 saturated carbocycles. The molecule has 2 aromatic heterocycles. The molecule has 0 aliphatic carbocycles. The van der Waals surface area contributed by atoms with Crippen LogP contribution in [0.15, 0.2) is 29.0 Å². The molecule has 2 heterocycles. The second kappa shape index (κ2) is 4.85. The van der Waals surface area contributed by atoms with Gasteiger partial charge in [0.25, 0.3) is 0 Å². The maximum atomic E-state index is 5.18. The van der Waals surface area contributed by atoms with E-state index in [1.54, 1.807) is 19.3 Å². The molecule has 16 heavy (non-hydrogen) atoms. The Morgan fingerprint density at radius 2 is 2.38 bits per heavy atom. The van der Waals surface area contributed by atoms with Gasteiger partial charge in [-0.2, -0.15) is 4.98 Å². The molecule has 5 heteroatoms. The van der Waals surface area contributed by atoms with Crippen LogP contribution in [0.25, 0.3) is 0 Å². The first kappa shape index (κ1) is 10.8. The number of aryl methyl sites for hydroxylation is 1. The molecule has 0 spiro atoms. The highest BCUT2D eigenvalue weighted by atomic mass is 16.5. The zero-order valence-corrected chi connectivity index (χ0v) is 9.34. The molecular formula is C11H14N4O. The molecule has 1 N–H and O–H groups in total. The van der Waals surface area contributed by atoms with Crippen LogP contribution in [0.3, 0.4) is 0 Å². The van der Waals surface area contributed by atoms with Gasteiger partial charge in [0.2, 0.25) is 5.89 Å². The predicted molar refractivity (Wildman–Crippen MR) is 58.8 cm³/mol. The first-order chi connectivity index (χ1) is 7.81. The summed E-state index contributed by atoms with van der Waals surface area (Å²) in [5.74, 6) is 1.22. The molecule has 0 aliphatic rings. The first-order valence-corrected chi connectivity index (χ1v) is 5.24. The largest absolute Gasteiger partial charge is 0.337 e. The van der Waals surface area contributed by atoms with Crippen molar-refractivity contribution in [3.63, 3.8) is 0 Å². The van der Waals surface area contributed by atoms with Crippen LogP contribution in [0.2, 0.25) is 0 Å². The van der Waals surface area contributed by atoms with Gasteiger partial charge in [0.1, 0.15) is 6.04 Å². The maximum absolute atomic E-state index is 5.18. The van der Waals surface area contributed by atoms with Crippen molar-refractivity contribution in [1.82, 2.24) is 20.4 Å². The highest BCUT2D eigenvalue weighted by Crippen LogP contribution is 2.19. The number of hydrogen-bond donors (Lipinski definition) is 1.